The van der Waals surface area contributed by atoms with Crippen LogP contribution in [0, 0.1) is 0 Å². The van der Waals surface area contributed by atoms with E-state index in [1.165, 1.54) is 0 Å². The number of benzene rings is 1. The van der Waals surface area contributed by atoms with Crippen LogP contribution >= 0.6 is 0 Å². The van der Waals surface area contributed by atoms with Crippen molar-refractivity contribution in [3.05, 3.63) is 29.8 Å². The van der Waals surface area contributed by atoms with Crippen molar-refractivity contribution >= 4 is 0 Å². The molecule has 0 radical (unpaired) electrons. The van der Waals surface area contributed by atoms with E-state index in [0.717, 1.165) is 24.2 Å². The van der Waals surface area contributed by atoms with E-state index < -0.39 is 6.10 Å². The highest BCUT2D eigenvalue weighted by molar-refractivity contribution is 5.29. The van der Waals surface area contributed by atoms with Crippen LogP contribution in [0.3, 0.4) is 0 Å². The second kappa shape index (κ2) is 5.76. The van der Waals surface area contributed by atoms with Gasteiger partial charge in [-0.1, -0.05) is 26.0 Å². The second-order valence-electron chi connectivity index (χ2n) is 3.80. The Morgan fingerprint density at radius 3 is 2.47 bits per heavy atom. The molecular weight excluding hydrogens is 188 g/mol. The smallest absolute Gasteiger partial charge is 0.120 e. The predicted molar refractivity (Wildman–Crippen MR) is 62.1 cm³/mol. The molecule has 84 valence electrons. The summed E-state index contributed by atoms with van der Waals surface area (Å²) in [4.78, 5) is 0. The number of rotatable bonds is 5. The van der Waals surface area contributed by atoms with Gasteiger partial charge in [0.05, 0.1) is 12.2 Å². The van der Waals surface area contributed by atoms with Gasteiger partial charge in [-0.2, -0.15) is 0 Å². The van der Waals surface area contributed by atoms with Crippen molar-refractivity contribution in [1.29, 1.82) is 0 Å². The Balaban J connectivity index is 2.72. The Hall–Kier alpha value is -1.02. The van der Waals surface area contributed by atoms with E-state index in [1.54, 1.807) is 6.92 Å². The fourth-order valence-corrected chi connectivity index (χ4v) is 1.50. The molecule has 15 heavy (non-hydrogen) atoms. The zero-order valence-corrected chi connectivity index (χ0v) is 9.73. The van der Waals surface area contributed by atoms with E-state index in [0.29, 0.717) is 0 Å². The minimum Gasteiger partial charge on any atom is -0.490 e. The molecule has 0 amide bonds. The highest BCUT2D eigenvalue weighted by Gasteiger charge is 2.06. The van der Waals surface area contributed by atoms with E-state index in [1.807, 2.05) is 24.3 Å². The van der Waals surface area contributed by atoms with Gasteiger partial charge in [-0.3, -0.25) is 0 Å². The zero-order valence-electron chi connectivity index (χ0n) is 9.73. The molecule has 0 unspecified atom stereocenters. The molecule has 0 fully saturated rings. The maximum absolute atomic E-state index is 9.44. The summed E-state index contributed by atoms with van der Waals surface area (Å²) in [6, 6.07) is 7.66. The first kappa shape index (κ1) is 12.1. The largest absolute Gasteiger partial charge is 0.490 e. The van der Waals surface area contributed by atoms with Crippen LogP contribution in [0.1, 0.15) is 45.3 Å². The first-order valence-electron chi connectivity index (χ1n) is 5.62. The Morgan fingerprint density at radius 2 is 1.93 bits per heavy atom. The van der Waals surface area contributed by atoms with E-state index in [4.69, 9.17) is 4.74 Å². The molecule has 1 aromatic carbocycles. The number of hydrogen-bond donors (Lipinski definition) is 1. The summed E-state index contributed by atoms with van der Waals surface area (Å²) < 4.78 is 5.79. The summed E-state index contributed by atoms with van der Waals surface area (Å²) in [6.07, 6.45) is 1.86. The SMILES string of the molecule is CCC(CC)Oc1cccc([C@H](C)O)c1. The fraction of sp³-hybridized carbons (Fsp3) is 0.538. The molecule has 1 aromatic rings. The van der Waals surface area contributed by atoms with Gasteiger partial charge in [-0.15, -0.1) is 0 Å². The molecule has 0 aliphatic rings. The predicted octanol–water partition coefficient (Wildman–Crippen LogP) is 3.31. The summed E-state index contributed by atoms with van der Waals surface area (Å²) in [5, 5.41) is 9.44. The van der Waals surface area contributed by atoms with Gasteiger partial charge < -0.3 is 9.84 Å². The minimum atomic E-state index is -0.435. The first-order chi connectivity index (χ1) is 7.17. The molecule has 2 nitrogen and oxygen atoms in total. The monoisotopic (exact) mass is 208 g/mol. The number of aliphatic hydroxyl groups is 1. The third kappa shape index (κ3) is 3.56. The van der Waals surface area contributed by atoms with E-state index in [2.05, 4.69) is 13.8 Å². The van der Waals surface area contributed by atoms with Crippen LogP contribution in [0.2, 0.25) is 0 Å². The van der Waals surface area contributed by atoms with Gasteiger partial charge in [-0.05, 0) is 37.5 Å². The Labute approximate surface area is 91.9 Å². The number of ether oxygens (including phenoxy) is 1. The highest BCUT2D eigenvalue weighted by atomic mass is 16.5. The minimum absolute atomic E-state index is 0.272. The third-order valence-corrected chi connectivity index (χ3v) is 2.55. The van der Waals surface area contributed by atoms with Crippen LogP contribution < -0.4 is 4.74 Å². The normalized spacial score (nSPS) is 12.9. The molecule has 0 bridgehead atoms. The van der Waals surface area contributed by atoms with Gasteiger partial charge in [0, 0.05) is 0 Å². The average molecular weight is 208 g/mol. The lowest BCUT2D eigenvalue weighted by atomic mass is 10.1. The molecule has 0 saturated carbocycles. The standard InChI is InChI=1S/C13H20O2/c1-4-12(5-2)15-13-8-6-7-11(9-13)10(3)14/h6-10,12,14H,4-5H2,1-3H3/t10-/m0/s1. The summed E-state index contributed by atoms with van der Waals surface area (Å²) >= 11 is 0. The molecule has 0 saturated heterocycles. The lowest BCUT2D eigenvalue weighted by Crippen LogP contribution is -2.13. The van der Waals surface area contributed by atoms with Crippen molar-refractivity contribution < 1.29 is 9.84 Å². The van der Waals surface area contributed by atoms with E-state index in [-0.39, 0.29) is 6.10 Å². The van der Waals surface area contributed by atoms with Gasteiger partial charge in [0.15, 0.2) is 0 Å². The van der Waals surface area contributed by atoms with Gasteiger partial charge in [0.2, 0.25) is 0 Å². The van der Waals surface area contributed by atoms with Gasteiger partial charge in [-0.25, -0.2) is 0 Å². The van der Waals surface area contributed by atoms with Crippen molar-refractivity contribution in [3.63, 3.8) is 0 Å². The van der Waals surface area contributed by atoms with Gasteiger partial charge in [0.1, 0.15) is 5.75 Å². The lowest BCUT2D eigenvalue weighted by Gasteiger charge is -2.16. The summed E-state index contributed by atoms with van der Waals surface area (Å²) in [5.74, 6) is 0.849. The Bertz CT molecular complexity index is 290. The fourth-order valence-electron chi connectivity index (χ4n) is 1.50. The van der Waals surface area contributed by atoms with E-state index in [9.17, 15) is 5.11 Å². The molecule has 0 spiro atoms. The zero-order chi connectivity index (χ0) is 11.3. The topological polar surface area (TPSA) is 29.5 Å². The second-order valence-corrected chi connectivity index (χ2v) is 3.80. The Morgan fingerprint density at radius 1 is 1.27 bits per heavy atom. The summed E-state index contributed by atoms with van der Waals surface area (Å²) in [5.41, 5.74) is 0.901. The molecule has 1 rings (SSSR count). The molecule has 2 heteroatoms. The number of hydrogen-bond acceptors (Lipinski definition) is 2. The quantitative estimate of drug-likeness (QED) is 0.804. The average Bonchev–Trinajstić information content (AvgIpc) is 2.26. The van der Waals surface area contributed by atoms with Crippen LogP contribution in [0.4, 0.5) is 0 Å². The van der Waals surface area contributed by atoms with Crippen molar-refractivity contribution in [2.24, 2.45) is 0 Å². The van der Waals surface area contributed by atoms with Gasteiger partial charge >= 0.3 is 0 Å². The summed E-state index contributed by atoms with van der Waals surface area (Å²) in [7, 11) is 0. The molecule has 0 aliphatic carbocycles. The van der Waals surface area contributed by atoms with Crippen molar-refractivity contribution in [2.75, 3.05) is 0 Å². The Kier molecular flexibility index (Phi) is 4.63. The highest BCUT2D eigenvalue weighted by Crippen LogP contribution is 2.20. The van der Waals surface area contributed by atoms with E-state index >= 15 is 0 Å². The van der Waals surface area contributed by atoms with Crippen molar-refractivity contribution in [3.8, 4) is 5.75 Å². The third-order valence-electron chi connectivity index (χ3n) is 2.55. The molecule has 1 N–H and O–H groups in total. The maximum atomic E-state index is 9.44. The number of aliphatic hydroxyl groups excluding tert-OH is 1. The summed E-state index contributed by atoms with van der Waals surface area (Å²) in [6.45, 7) is 6.00. The van der Waals surface area contributed by atoms with Crippen molar-refractivity contribution in [2.45, 2.75) is 45.8 Å². The van der Waals surface area contributed by atoms with Crippen LogP contribution in [-0.2, 0) is 0 Å². The van der Waals surface area contributed by atoms with Crippen LogP contribution in [0.25, 0.3) is 0 Å². The van der Waals surface area contributed by atoms with Crippen LogP contribution in [0.5, 0.6) is 5.75 Å². The molecule has 0 aromatic heterocycles. The molecule has 1 atom stereocenters. The molecular formula is C13H20O2. The first-order valence-corrected chi connectivity index (χ1v) is 5.62. The molecule has 0 heterocycles. The lowest BCUT2D eigenvalue weighted by molar-refractivity contribution is 0.186. The van der Waals surface area contributed by atoms with Gasteiger partial charge in [0.25, 0.3) is 0 Å². The maximum Gasteiger partial charge on any atom is 0.120 e. The van der Waals surface area contributed by atoms with Crippen LogP contribution in [-0.4, -0.2) is 11.2 Å². The van der Waals surface area contributed by atoms with Crippen molar-refractivity contribution in [1.82, 2.24) is 0 Å². The molecule has 0 aliphatic heterocycles. The van der Waals surface area contributed by atoms with Crippen LogP contribution in [0.15, 0.2) is 24.3 Å².